The van der Waals surface area contributed by atoms with Gasteiger partial charge in [-0.05, 0) is 19.8 Å². The predicted molar refractivity (Wildman–Crippen MR) is 54.0 cm³/mol. The normalized spacial score (nSPS) is 28.9. The largest absolute Gasteiger partial charge is 0.394 e. The molecule has 0 heterocycles. The van der Waals surface area contributed by atoms with Gasteiger partial charge in [0.25, 0.3) is 0 Å². The summed E-state index contributed by atoms with van der Waals surface area (Å²) >= 11 is 0. The maximum Gasteiger partial charge on any atom is 0.0830 e. The Hall–Kier alpha value is -0.160. The van der Waals surface area contributed by atoms with Crippen LogP contribution in [0.3, 0.4) is 0 Å². The summed E-state index contributed by atoms with van der Waals surface area (Å²) in [5.41, 5.74) is 0. The molecule has 1 rings (SSSR count). The van der Waals surface area contributed by atoms with E-state index in [1.165, 1.54) is 13.3 Å². The molecule has 0 aromatic heterocycles. The summed E-state index contributed by atoms with van der Waals surface area (Å²) in [7, 11) is 1.67. The van der Waals surface area contributed by atoms with E-state index in [1.54, 1.807) is 7.11 Å². The molecule has 0 saturated heterocycles. The fourth-order valence-electron chi connectivity index (χ4n) is 1.35. The monoisotopic (exact) mass is 206 g/mol. The van der Waals surface area contributed by atoms with Crippen molar-refractivity contribution in [3.8, 4) is 0 Å². The molecule has 0 amide bonds. The SMILES string of the molecule is CC(O)CO.COC1CCCCC1O. The zero-order valence-corrected chi connectivity index (χ0v) is 9.02. The molecule has 0 aromatic rings. The first-order valence-corrected chi connectivity index (χ1v) is 5.11. The zero-order valence-electron chi connectivity index (χ0n) is 9.02. The number of aliphatic hydroxyl groups excluding tert-OH is 3. The van der Waals surface area contributed by atoms with Gasteiger partial charge in [-0.2, -0.15) is 0 Å². The smallest absolute Gasteiger partial charge is 0.0830 e. The Morgan fingerprint density at radius 3 is 2.14 bits per heavy atom. The Balaban J connectivity index is 0.000000292. The van der Waals surface area contributed by atoms with E-state index < -0.39 is 6.10 Å². The molecule has 1 saturated carbocycles. The number of ether oxygens (including phenoxy) is 1. The van der Waals surface area contributed by atoms with Gasteiger partial charge in [-0.25, -0.2) is 0 Å². The summed E-state index contributed by atoms with van der Waals surface area (Å²) < 4.78 is 5.05. The number of rotatable bonds is 2. The van der Waals surface area contributed by atoms with Crippen molar-refractivity contribution in [2.45, 2.75) is 50.9 Å². The van der Waals surface area contributed by atoms with Crippen molar-refractivity contribution in [3.63, 3.8) is 0 Å². The third-order valence-electron chi connectivity index (χ3n) is 2.23. The van der Waals surface area contributed by atoms with Crippen molar-refractivity contribution < 1.29 is 20.1 Å². The van der Waals surface area contributed by atoms with Gasteiger partial charge in [-0.1, -0.05) is 12.8 Å². The Kier molecular flexibility index (Phi) is 8.08. The number of aliphatic hydroxyl groups is 3. The molecule has 4 heteroatoms. The van der Waals surface area contributed by atoms with Crippen LogP contribution < -0.4 is 0 Å². The average Bonchev–Trinajstić information content (AvgIpc) is 2.19. The zero-order chi connectivity index (χ0) is 11.0. The first-order chi connectivity index (χ1) is 6.61. The van der Waals surface area contributed by atoms with Crippen LogP contribution >= 0.6 is 0 Å². The molecule has 3 atom stereocenters. The summed E-state index contributed by atoms with van der Waals surface area (Å²) in [5.74, 6) is 0. The standard InChI is InChI=1S/C7H14O2.C3H8O2/c1-9-7-5-3-2-4-6(7)8;1-3(5)2-4/h6-8H,2-5H2,1H3;3-5H,2H2,1H3. The van der Waals surface area contributed by atoms with Gasteiger partial charge in [0, 0.05) is 7.11 Å². The summed E-state index contributed by atoms with van der Waals surface area (Å²) in [4.78, 5) is 0. The van der Waals surface area contributed by atoms with Gasteiger partial charge in [-0.3, -0.25) is 0 Å². The molecular weight excluding hydrogens is 184 g/mol. The van der Waals surface area contributed by atoms with Gasteiger partial charge in [0.15, 0.2) is 0 Å². The van der Waals surface area contributed by atoms with E-state index in [4.69, 9.17) is 14.9 Å². The maximum atomic E-state index is 9.24. The highest BCUT2D eigenvalue weighted by Gasteiger charge is 2.21. The van der Waals surface area contributed by atoms with Crippen LogP contribution in [0.1, 0.15) is 32.6 Å². The summed E-state index contributed by atoms with van der Waals surface area (Å²) in [6.45, 7) is 1.39. The molecular formula is C10H22O4. The van der Waals surface area contributed by atoms with Crippen LogP contribution in [0, 0.1) is 0 Å². The molecule has 1 aliphatic carbocycles. The van der Waals surface area contributed by atoms with E-state index in [9.17, 15) is 5.11 Å². The van der Waals surface area contributed by atoms with Gasteiger partial charge in [0.1, 0.15) is 0 Å². The summed E-state index contributed by atoms with van der Waals surface area (Å²) in [5, 5.41) is 25.2. The maximum absolute atomic E-state index is 9.24. The molecule has 0 aliphatic heterocycles. The molecule has 3 N–H and O–H groups in total. The first-order valence-electron chi connectivity index (χ1n) is 5.11. The van der Waals surface area contributed by atoms with Crippen molar-refractivity contribution in [3.05, 3.63) is 0 Å². The second-order valence-electron chi connectivity index (χ2n) is 3.66. The van der Waals surface area contributed by atoms with Crippen molar-refractivity contribution >= 4 is 0 Å². The fraction of sp³-hybridized carbons (Fsp3) is 1.00. The van der Waals surface area contributed by atoms with E-state index >= 15 is 0 Å². The van der Waals surface area contributed by atoms with Gasteiger partial charge in [-0.15, -0.1) is 0 Å². The lowest BCUT2D eigenvalue weighted by Gasteiger charge is -2.25. The molecule has 0 bridgehead atoms. The lowest BCUT2D eigenvalue weighted by Crippen LogP contribution is -2.30. The van der Waals surface area contributed by atoms with E-state index in [0.717, 1.165) is 19.3 Å². The third kappa shape index (κ3) is 6.32. The molecule has 0 aromatic carbocycles. The Morgan fingerprint density at radius 2 is 1.86 bits per heavy atom. The van der Waals surface area contributed by atoms with Crippen LogP contribution in [0.5, 0.6) is 0 Å². The summed E-state index contributed by atoms with van der Waals surface area (Å²) in [6, 6.07) is 0. The van der Waals surface area contributed by atoms with Crippen molar-refractivity contribution in [1.82, 2.24) is 0 Å². The second kappa shape index (κ2) is 8.17. The Morgan fingerprint density at radius 1 is 1.36 bits per heavy atom. The fourth-order valence-corrected chi connectivity index (χ4v) is 1.35. The van der Waals surface area contributed by atoms with Crippen LogP contribution in [-0.4, -0.2) is 47.3 Å². The number of hydrogen-bond acceptors (Lipinski definition) is 4. The molecule has 0 radical (unpaired) electrons. The first kappa shape index (κ1) is 13.8. The third-order valence-corrected chi connectivity index (χ3v) is 2.23. The van der Waals surface area contributed by atoms with Crippen LogP contribution in [0.25, 0.3) is 0 Å². The van der Waals surface area contributed by atoms with Crippen LogP contribution in [0.4, 0.5) is 0 Å². The molecule has 14 heavy (non-hydrogen) atoms. The number of hydrogen-bond donors (Lipinski definition) is 3. The van der Waals surface area contributed by atoms with E-state index in [-0.39, 0.29) is 18.8 Å². The van der Waals surface area contributed by atoms with Gasteiger partial charge < -0.3 is 20.1 Å². The van der Waals surface area contributed by atoms with Gasteiger partial charge >= 0.3 is 0 Å². The minimum absolute atomic E-state index is 0.110. The molecule has 4 nitrogen and oxygen atoms in total. The lowest BCUT2D eigenvalue weighted by molar-refractivity contribution is -0.0359. The minimum atomic E-state index is -0.560. The minimum Gasteiger partial charge on any atom is -0.394 e. The highest BCUT2D eigenvalue weighted by Crippen LogP contribution is 2.19. The molecule has 1 aliphatic rings. The van der Waals surface area contributed by atoms with Crippen LogP contribution in [0.2, 0.25) is 0 Å². The van der Waals surface area contributed by atoms with Crippen molar-refractivity contribution in [2.24, 2.45) is 0 Å². The van der Waals surface area contributed by atoms with Crippen LogP contribution in [0.15, 0.2) is 0 Å². The Labute approximate surface area is 85.5 Å². The number of methoxy groups -OCH3 is 1. The highest BCUT2D eigenvalue weighted by atomic mass is 16.5. The molecule has 0 spiro atoms. The second-order valence-corrected chi connectivity index (χ2v) is 3.66. The highest BCUT2D eigenvalue weighted by molar-refractivity contribution is 4.73. The molecule has 3 unspecified atom stereocenters. The predicted octanol–water partition coefficient (Wildman–Crippen LogP) is 0.296. The molecule has 86 valence electrons. The lowest BCUT2D eigenvalue weighted by atomic mass is 9.95. The topological polar surface area (TPSA) is 69.9 Å². The quantitative estimate of drug-likeness (QED) is 0.607. The van der Waals surface area contributed by atoms with Gasteiger partial charge in [0.05, 0.1) is 24.9 Å². The van der Waals surface area contributed by atoms with E-state index in [2.05, 4.69) is 0 Å². The van der Waals surface area contributed by atoms with E-state index in [1.807, 2.05) is 0 Å². The van der Waals surface area contributed by atoms with Crippen molar-refractivity contribution in [1.29, 1.82) is 0 Å². The van der Waals surface area contributed by atoms with E-state index in [0.29, 0.717) is 0 Å². The summed E-state index contributed by atoms with van der Waals surface area (Å²) in [6.07, 6.45) is 3.64. The van der Waals surface area contributed by atoms with Crippen molar-refractivity contribution in [2.75, 3.05) is 13.7 Å². The molecule has 1 fully saturated rings. The van der Waals surface area contributed by atoms with Gasteiger partial charge in [0.2, 0.25) is 0 Å². The average molecular weight is 206 g/mol. The Bertz CT molecular complexity index is 127. The van der Waals surface area contributed by atoms with Crippen LogP contribution in [-0.2, 0) is 4.74 Å².